The van der Waals surface area contributed by atoms with E-state index in [2.05, 4.69) is 0 Å². The summed E-state index contributed by atoms with van der Waals surface area (Å²) in [4.78, 5) is 0. The normalized spacial score (nSPS) is 38.0. The molecule has 0 radical (unpaired) electrons. The van der Waals surface area contributed by atoms with Crippen molar-refractivity contribution < 1.29 is 14.2 Å². The van der Waals surface area contributed by atoms with Crippen LogP contribution in [0.5, 0.6) is 0 Å². The Morgan fingerprint density at radius 1 is 1.00 bits per heavy atom. The number of ether oxygens (including phenoxy) is 3. The molecule has 12 heavy (non-hydrogen) atoms. The minimum atomic E-state index is 0.173. The lowest BCUT2D eigenvalue weighted by Gasteiger charge is -2.32. The summed E-state index contributed by atoms with van der Waals surface area (Å²) in [6.45, 7) is 3.01. The number of hydrogen-bond donors (Lipinski definition) is 0. The standard InChI is InChI=1S/C8H14O3S/c1-2-10-7(5-9-1)8-6-12-4-3-11-8/h7-8H,1-6H2. The lowest BCUT2D eigenvalue weighted by Crippen LogP contribution is -2.43. The highest BCUT2D eigenvalue weighted by Gasteiger charge is 2.27. The van der Waals surface area contributed by atoms with Gasteiger partial charge in [-0.1, -0.05) is 0 Å². The van der Waals surface area contributed by atoms with E-state index in [9.17, 15) is 0 Å². The summed E-state index contributed by atoms with van der Waals surface area (Å²) < 4.78 is 16.5. The number of rotatable bonds is 1. The van der Waals surface area contributed by atoms with E-state index in [1.165, 1.54) is 0 Å². The third kappa shape index (κ3) is 2.13. The van der Waals surface area contributed by atoms with Crippen molar-refractivity contribution in [2.75, 3.05) is 37.9 Å². The monoisotopic (exact) mass is 190 g/mol. The summed E-state index contributed by atoms with van der Waals surface area (Å²) in [5.74, 6) is 2.16. The van der Waals surface area contributed by atoms with Crippen LogP contribution in [0.3, 0.4) is 0 Å². The highest BCUT2D eigenvalue weighted by Crippen LogP contribution is 2.18. The van der Waals surface area contributed by atoms with Crippen molar-refractivity contribution in [2.24, 2.45) is 0 Å². The molecule has 0 aromatic heterocycles. The van der Waals surface area contributed by atoms with E-state index in [1.54, 1.807) is 0 Å². The van der Waals surface area contributed by atoms with Crippen LogP contribution in [-0.2, 0) is 14.2 Å². The Bertz CT molecular complexity index is 114. The summed E-state index contributed by atoms with van der Waals surface area (Å²) in [5.41, 5.74) is 0. The Balaban J connectivity index is 1.80. The minimum absolute atomic E-state index is 0.173. The average molecular weight is 190 g/mol. The molecule has 3 nitrogen and oxygen atoms in total. The molecule has 0 aliphatic carbocycles. The molecular formula is C8H14O3S. The zero-order chi connectivity index (χ0) is 8.23. The molecule has 2 heterocycles. The van der Waals surface area contributed by atoms with Gasteiger partial charge < -0.3 is 14.2 Å². The van der Waals surface area contributed by atoms with Crippen molar-refractivity contribution in [3.8, 4) is 0 Å². The first-order chi connectivity index (χ1) is 5.97. The van der Waals surface area contributed by atoms with Gasteiger partial charge in [0.2, 0.25) is 0 Å². The Kier molecular flexibility index (Phi) is 3.28. The van der Waals surface area contributed by atoms with Crippen LogP contribution in [0, 0.1) is 0 Å². The van der Waals surface area contributed by atoms with E-state index in [0.29, 0.717) is 6.61 Å². The van der Waals surface area contributed by atoms with Crippen molar-refractivity contribution in [3.63, 3.8) is 0 Å². The molecule has 2 unspecified atom stereocenters. The van der Waals surface area contributed by atoms with Crippen molar-refractivity contribution >= 4 is 11.8 Å². The van der Waals surface area contributed by atoms with Crippen LogP contribution in [0.15, 0.2) is 0 Å². The fourth-order valence-electron chi connectivity index (χ4n) is 1.44. The van der Waals surface area contributed by atoms with E-state index >= 15 is 0 Å². The molecule has 2 aliphatic rings. The summed E-state index contributed by atoms with van der Waals surface area (Å²) in [6.07, 6.45) is 0.426. The van der Waals surface area contributed by atoms with Crippen LogP contribution in [0.1, 0.15) is 0 Å². The van der Waals surface area contributed by atoms with Crippen LogP contribution in [0.2, 0.25) is 0 Å². The first kappa shape index (κ1) is 8.81. The molecular weight excluding hydrogens is 176 g/mol. The zero-order valence-corrected chi connectivity index (χ0v) is 7.85. The summed E-state index contributed by atoms with van der Waals surface area (Å²) in [7, 11) is 0. The van der Waals surface area contributed by atoms with E-state index in [1.807, 2.05) is 11.8 Å². The molecule has 0 aromatic carbocycles. The van der Waals surface area contributed by atoms with E-state index in [0.717, 1.165) is 31.3 Å². The molecule has 70 valence electrons. The van der Waals surface area contributed by atoms with Crippen molar-refractivity contribution in [3.05, 3.63) is 0 Å². The molecule has 2 fully saturated rings. The zero-order valence-electron chi connectivity index (χ0n) is 7.03. The van der Waals surface area contributed by atoms with Crippen LogP contribution >= 0.6 is 11.8 Å². The molecule has 2 atom stereocenters. The van der Waals surface area contributed by atoms with Gasteiger partial charge >= 0.3 is 0 Å². The molecule has 0 amide bonds. The third-order valence-corrected chi connectivity index (χ3v) is 3.12. The van der Waals surface area contributed by atoms with Crippen molar-refractivity contribution in [1.29, 1.82) is 0 Å². The van der Waals surface area contributed by atoms with E-state index < -0.39 is 0 Å². The topological polar surface area (TPSA) is 27.7 Å². The maximum Gasteiger partial charge on any atom is 0.108 e. The van der Waals surface area contributed by atoms with E-state index in [-0.39, 0.29) is 12.2 Å². The lowest BCUT2D eigenvalue weighted by atomic mass is 10.2. The Hall–Kier alpha value is 0.230. The summed E-state index contributed by atoms with van der Waals surface area (Å²) in [6, 6.07) is 0. The SMILES string of the molecule is C1COC(C2CSCCO2)CO1. The first-order valence-corrected chi connectivity index (χ1v) is 5.51. The molecule has 0 saturated carbocycles. The second-order valence-corrected chi connectivity index (χ2v) is 4.12. The number of thioether (sulfide) groups is 1. The van der Waals surface area contributed by atoms with Crippen LogP contribution < -0.4 is 0 Å². The second-order valence-electron chi connectivity index (χ2n) is 2.97. The van der Waals surface area contributed by atoms with Gasteiger partial charge in [0.25, 0.3) is 0 Å². The molecule has 4 heteroatoms. The largest absolute Gasteiger partial charge is 0.376 e. The minimum Gasteiger partial charge on any atom is -0.376 e. The van der Waals surface area contributed by atoms with Gasteiger partial charge in [-0.05, 0) is 0 Å². The molecule has 0 bridgehead atoms. The quantitative estimate of drug-likeness (QED) is 0.603. The summed E-state index contributed by atoms with van der Waals surface area (Å²) in [5, 5.41) is 0. The van der Waals surface area contributed by atoms with Gasteiger partial charge in [-0.15, -0.1) is 0 Å². The Labute approximate surface area is 76.7 Å². The van der Waals surface area contributed by atoms with Gasteiger partial charge in [-0.3, -0.25) is 0 Å². The van der Waals surface area contributed by atoms with Gasteiger partial charge in [0.05, 0.1) is 32.5 Å². The second kappa shape index (κ2) is 4.46. The van der Waals surface area contributed by atoms with Gasteiger partial charge in [-0.2, -0.15) is 11.8 Å². The molecule has 0 spiro atoms. The van der Waals surface area contributed by atoms with Crippen molar-refractivity contribution in [2.45, 2.75) is 12.2 Å². The smallest absolute Gasteiger partial charge is 0.108 e. The Morgan fingerprint density at radius 3 is 2.58 bits per heavy atom. The fraction of sp³-hybridized carbons (Fsp3) is 1.00. The van der Waals surface area contributed by atoms with E-state index in [4.69, 9.17) is 14.2 Å². The van der Waals surface area contributed by atoms with Gasteiger partial charge in [0.1, 0.15) is 6.10 Å². The summed E-state index contributed by atoms with van der Waals surface area (Å²) >= 11 is 1.94. The predicted octanol–water partition coefficient (Wildman–Crippen LogP) is 0.534. The maximum atomic E-state index is 5.59. The molecule has 2 aliphatic heterocycles. The van der Waals surface area contributed by atoms with Gasteiger partial charge in [0, 0.05) is 11.5 Å². The Morgan fingerprint density at radius 2 is 1.92 bits per heavy atom. The lowest BCUT2D eigenvalue weighted by molar-refractivity contribution is -0.140. The average Bonchev–Trinajstić information content (AvgIpc) is 2.21. The third-order valence-electron chi connectivity index (χ3n) is 2.10. The number of hydrogen-bond acceptors (Lipinski definition) is 4. The predicted molar refractivity (Wildman–Crippen MR) is 47.6 cm³/mol. The van der Waals surface area contributed by atoms with Gasteiger partial charge in [0.15, 0.2) is 0 Å². The van der Waals surface area contributed by atoms with Crippen molar-refractivity contribution in [1.82, 2.24) is 0 Å². The highest BCUT2D eigenvalue weighted by molar-refractivity contribution is 7.99. The van der Waals surface area contributed by atoms with Crippen LogP contribution in [0.4, 0.5) is 0 Å². The molecule has 2 saturated heterocycles. The van der Waals surface area contributed by atoms with Crippen LogP contribution in [0.25, 0.3) is 0 Å². The van der Waals surface area contributed by atoms with Gasteiger partial charge in [-0.25, -0.2) is 0 Å². The maximum absolute atomic E-state index is 5.59. The first-order valence-electron chi connectivity index (χ1n) is 4.35. The molecule has 0 aromatic rings. The molecule has 0 N–H and O–H groups in total. The fourth-order valence-corrected chi connectivity index (χ4v) is 2.37. The molecule has 2 rings (SSSR count). The van der Waals surface area contributed by atoms with Crippen LogP contribution in [-0.4, -0.2) is 50.1 Å². The highest BCUT2D eigenvalue weighted by atomic mass is 32.2.